The maximum absolute atomic E-state index is 12.4. The van der Waals surface area contributed by atoms with E-state index in [9.17, 15) is 4.79 Å². The van der Waals surface area contributed by atoms with Crippen LogP contribution in [0.1, 0.15) is 52.2 Å². The lowest BCUT2D eigenvalue weighted by Crippen LogP contribution is -2.03. The first kappa shape index (κ1) is 14.3. The van der Waals surface area contributed by atoms with E-state index < -0.39 is 0 Å². The summed E-state index contributed by atoms with van der Waals surface area (Å²) < 4.78 is 6.07. The summed E-state index contributed by atoms with van der Waals surface area (Å²) in [6.07, 6.45) is 6.45. The van der Waals surface area contributed by atoms with Crippen molar-refractivity contribution in [1.29, 1.82) is 0 Å². The van der Waals surface area contributed by atoms with Crippen LogP contribution in [0.15, 0.2) is 16.5 Å². The molecule has 1 aliphatic carbocycles. The minimum atomic E-state index is -0.0394. The Balaban J connectivity index is 1.85. The van der Waals surface area contributed by atoms with Crippen LogP contribution in [0.3, 0.4) is 0 Å². The van der Waals surface area contributed by atoms with Gasteiger partial charge in [-0.3, -0.25) is 4.79 Å². The Hall–Kier alpha value is -2.29. The zero-order valence-corrected chi connectivity index (χ0v) is 13.9. The fourth-order valence-electron chi connectivity index (χ4n) is 3.88. The predicted molar refractivity (Wildman–Crippen MR) is 92.5 cm³/mol. The Morgan fingerprint density at radius 3 is 2.70 bits per heavy atom. The minimum Gasteiger partial charge on any atom is -0.461 e. The molecule has 0 saturated carbocycles. The third-order valence-electron chi connectivity index (χ3n) is 4.99. The molecule has 0 saturated heterocycles. The SMILES string of the molecule is Cc1cc(C)c2c(c1)NC(=O)C2=Cc1oc2c(c1C)CCCC2. The summed E-state index contributed by atoms with van der Waals surface area (Å²) in [4.78, 5) is 12.4. The third-order valence-corrected chi connectivity index (χ3v) is 4.99. The number of furan rings is 1. The maximum atomic E-state index is 12.4. The highest BCUT2D eigenvalue weighted by atomic mass is 16.3. The van der Waals surface area contributed by atoms with Gasteiger partial charge in [0.1, 0.15) is 11.5 Å². The van der Waals surface area contributed by atoms with E-state index in [4.69, 9.17) is 4.42 Å². The molecule has 3 heteroatoms. The van der Waals surface area contributed by atoms with Gasteiger partial charge >= 0.3 is 0 Å². The average Bonchev–Trinajstić information content (AvgIpc) is 2.98. The van der Waals surface area contributed by atoms with Gasteiger partial charge in [-0.25, -0.2) is 0 Å². The van der Waals surface area contributed by atoms with Crippen molar-refractivity contribution < 1.29 is 9.21 Å². The smallest absolute Gasteiger partial charge is 0.256 e. The van der Waals surface area contributed by atoms with Gasteiger partial charge in [0.15, 0.2) is 0 Å². The molecule has 2 aromatic rings. The van der Waals surface area contributed by atoms with Crippen LogP contribution >= 0.6 is 0 Å². The standard InChI is InChI=1S/C20H21NO2/c1-11-8-12(2)19-15(20(22)21-16(19)9-11)10-18-13(3)14-6-4-5-7-17(14)23-18/h8-10H,4-7H2,1-3H3,(H,21,22). The van der Waals surface area contributed by atoms with Gasteiger partial charge in [0, 0.05) is 17.7 Å². The molecule has 1 N–H and O–H groups in total. The van der Waals surface area contributed by atoms with E-state index in [2.05, 4.69) is 25.2 Å². The lowest BCUT2D eigenvalue weighted by molar-refractivity contribution is -0.110. The Bertz CT molecular complexity index is 855. The molecule has 0 unspecified atom stereocenters. The first-order valence-corrected chi connectivity index (χ1v) is 8.30. The monoisotopic (exact) mass is 307 g/mol. The summed E-state index contributed by atoms with van der Waals surface area (Å²) in [7, 11) is 0. The van der Waals surface area contributed by atoms with Gasteiger partial charge in [0.25, 0.3) is 5.91 Å². The van der Waals surface area contributed by atoms with Gasteiger partial charge < -0.3 is 9.73 Å². The van der Waals surface area contributed by atoms with Gasteiger partial charge in [-0.1, -0.05) is 6.07 Å². The van der Waals surface area contributed by atoms with Gasteiger partial charge in [-0.2, -0.15) is 0 Å². The zero-order chi connectivity index (χ0) is 16.1. The predicted octanol–water partition coefficient (Wildman–Crippen LogP) is 4.58. The van der Waals surface area contributed by atoms with Crippen LogP contribution in [-0.4, -0.2) is 5.91 Å². The van der Waals surface area contributed by atoms with E-state index in [1.165, 1.54) is 24.0 Å². The molecule has 2 heterocycles. The molecule has 0 bridgehead atoms. The minimum absolute atomic E-state index is 0.0394. The van der Waals surface area contributed by atoms with Crippen LogP contribution in [0, 0.1) is 20.8 Å². The van der Waals surface area contributed by atoms with E-state index in [-0.39, 0.29) is 5.91 Å². The summed E-state index contributed by atoms with van der Waals surface area (Å²) in [5.74, 6) is 1.91. The van der Waals surface area contributed by atoms with E-state index in [1.54, 1.807) is 0 Å². The van der Waals surface area contributed by atoms with Crippen LogP contribution in [0.4, 0.5) is 5.69 Å². The number of benzene rings is 1. The van der Waals surface area contributed by atoms with Crippen molar-refractivity contribution in [2.24, 2.45) is 0 Å². The number of anilines is 1. The summed E-state index contributed by atoms with van der Waals surface area (Å²) in [6, 6.07) is 4.15. The fraction of sp³-hybridized carbons (Fsp3) is 0.350. The molecule has 118 valence electrons. The van der Waals surface area contributed by atoms with Crippen molar-refractivity contribution in [3.05, 3.63) is 51.5 Å². The van der Waals surface area contributed by atoms with Crippen LogP contribution in [0.2, 0.25) is 0 Å². The van der Waals surface area contributed by atoms with E-state index in [0.717, 1.165) is 46.7 Å². The summed E-state index contributed by atoms with van der Waals surface area (Å²) in [5, 5.41) is 2.98. The molecule has 0 radical (unpaired) electrons. The Morgan fingerprint density at radius 2 is 1.91 bits per heavy atom. The largest absolute Gasteiger partial charge is 0.461 e. The first-order valence-electron chi connectivity index (χ1n) is 8.30. The molecule has 23 heavy (non-hydrogen) atoms. The Kier molecular flexibility index (Phi) is 3.19. The van der Waals surface area contributed by atoms with E-state index >= 15 is 0 Å². The molecule has 1 aliphatic heterocycles. The highest BCUT2D eigenvalue weighted by Crippen LogP contribution is 2.38. The molecule has 4 rings (SSSR count). The van der Waals surface area contributed by atoms with Crippen molar-refractivity contribution in [1.82, 2.24) is 0 Å². The summed E-state index contributed by atoms with van der Waals surface area (Å²) in [5.41, 5.74) is 7.46. The number of fused-ring (bicyclic) bond motifs is 2. The molecular formula is C20H21NO2. The van der Waals surface area contributed by atoms with Crippen molar-refractivity contribution in [2.45, 2.75) is 46.5 Å². The fourth-order valence-corrected chi connectivity index (χ4v) is 3.88. The molecule has 0 atom stereocenters. The maximum Gasteiger partial charge on any atom is 0.256 e. The molecule has 1 aromatic carbocycles. The quantitative estimate of drug-likeness (QED) is 0.784. The van der Waals surface area contributed by atoms with Crippen LogP contribution < -0.4 is 5.32 Å². The van der Waals surface area contributed by atoms with Crippen molar-refractivity contribution >= 4 is 23.2 Å². The number of hydrogen-bond acceptors (Lipinski definition) is 2. The van der Waals surface area contributed by atoms with Gasteiger partial charge in [0.2, 0.25) is 0 Å². The second-order valence-electron chi connectivity index (χ2n) is 6.72. The summed E-state index contributed by atoms with van der Waals surface area (Å²) in [6.45, 7) is 6.21. The van der Waals surface area contributed by atoms with Crippen molar-refractivity contribution in [3.8, 4) is 0 Å². The average molecular weight is 307 g/mol. The molecule has 3 nitrogen and oxygen atoms in total. The molecule has 1 aromatic heterocycles. The number of amides is 1. The normalized spacial score (nSPS) is 18.0. The molecule has 1 amide bonds. The Morgan fingerprint density at radius 1 is 1.13 bits per heavy atom. The number of hydrogen-bond donors (Lipinski definition) is 1. The third kappa shape index (κ3) is 2.23. The number of carbonyl (C=O) groups is 1. The second kappa shape index (κ2) is 5.12. The van der Waals surface area contributed by atoms with E-state index in [0.29, 0.717) is 5.57 Å². The second-order valence-corrected chi connectivity index (χ2v) is 6.72. The van der Waals surface area contributed by atoms with Gasteiger partial charge in [-0.05, 0) is 74.4 Å². The van der Waals surface area contributed by atoms with Crippen molar-refractivity contribution in [3.63, 3.8) is 0 Å². The van der Waals surface area contributed by atoms with Crippen LogP contribution in [0.5, 0.6) is 0 Å². The van der Waals surface area contributed by atoms with Gasteiger partial charge in [0.05, 0.1) is 5.57 Å². The van der Waals surface area contributed by atoms with Crippen molar-refractivity contribution in [2.75, 3.05) is 5.32 Å². The lowest BCUT2D eigenvalue weighted by atomic mass is 9.94. The highest BCUT2D eigenvalue weighted by Gasteiger charge is 2.27. The highest BCUT2D eigenvalue weighted by molar-refractivity contribution is 6.35. The zero-order valence-electron chi connectivity index (χ0n) is 13.9. The Labute approximate surface area is 136 Å². The number of rotatable bonds is 1. The van der Waals surface area contributed by atoms with Crippen LogP contribution in [0.25, 0.3) is 11.6 Å². The summed E-state index contributed by atoms with van der Waals surface area (Å²) >= 11 is 0. The molecule has 0 fully saturated rings. The number of aryl methyl sites for hydroxylation is 3. The number of nitrogens with one attached hydrogen (secondary N) is 1. The topological polar surface area (TPSA) is 42.2 Å². The van der Waals surface area contributed by atoms with Crippen LogP contribution in [-0.2, 0) is 17.6 Å². The number of carbonyl (C=O) groups excluding carboxylic acids is 1. The van der Waals surface area contributed by atoms with E-state index in [1.807, 2.05) is 19.1 Å². The molecule has 0 spiro atoms. The molecule has 2 aliphatic rings. The molecular weight excluding hydrogens is 286 g/mol. The van der Waals surface area contributed by atoms with Gasteiger partial charge in [-0.15, -0.1) is 0 Å². The first-order chi connectivity index (χ1) is 11.0. The lowest BCUT2D eigenvalue weighted by Gasteiger charge is -2.08.